The number of hydrogen-bond acceptors (Lipinski definition) is 3. The number of carbonyl (C=O) groups excluding carboxylic acids is 2. The fraction of sp³-hybridized carbons (Fsp3) is 0.364. The van der Waals surface area contributed by atoms with Crippen molar-refractivity contribution in [1.82, 2.24) is 10.3 Å². The van der Waals surface area contributed by atoms with Crippen LogP contribution < -0.4 is 74.0 Å². The molecule has 1 aromatic heterocycles. The van der Waals surface area contributed by atoms with Gasteiger partial charge in [0.1, 0.15) is 0 Å². The van der Waals surface area contributed by atoms with Gasteiger partial charge in [-0.1, -0.05) is 0 Å². The van der Waals surface area contributed by atoms with Crippen molar-refractivity contribution in [3.05, 3.63) is 33.2 Å². The van der Waals surface area contributed by atoms with Crippen LogP contribution in [0.5, 0.6) is 0 Å². The minimum Gasteiger partial charge on any atom is -0.625 e. The molecule has 1 aliphatic rings. The molecule has 1 N–H and O–H groups in total. The molecule has 0 aliphatic heterocycles. The SMILES string of the molecule is CNC(=O)c1cc2c([n-]c1=O)CCCC2=O.[Rb+]. The Morgan fingerprint density at radius 1 is 1.35 bits per heavy atom. The van der Waals surface area contributed by atoms with Gasteiger partial charge in [0.25, 0.3) is 5.91 Å². The van der Waals surface area contributed by atoms with E-state index in [-0.39, 0.29) is 69.5 Å². The number of pyridine rings is 1. The van der Waals surface area contributed by atoms with Crippen LogP contribution in [0.25, 0.3) is 0 Å². The van der Waals surface area contributed by atoms with Crippen LogP contribution >= 0.6 is 0 Å². The third-order valence-corrected chi connectivity index (χ3v) is 2.66. The first-order valence-corrected chi connectivity index (χ1v) is 5.09. The number of fused-ring (bicyclic) bond motifs is 1. The molecule has 0 unspecified atom stereocenters. The molecular weight excluding hydrogens is 294 g/mol. The van der Waals surface area contributed by atoms with E-state index >= 15 is 0 Å². The molecule has 0 spiro atoms. The van der Waals surface area contributed by atoms with Gasteiger partial charge in [-0.2, -0.15) is 0 Å². The van der Waals surface area contributed by atoms with Gasteiger partial charge in [-0.25, -0.2) is 0 Å². The fourth-order valence-corrected chi connectivity index (χ4v) is 1.81. The van der Waals surface area contributed by atoms with Crippen molar-refractivity contribution in [1.29, 1.82) is 0 Å². The number of carbonyl (C=O) groups is 2. The second kappa shape index (κ2) is 6.18. The second-order valence-electron chi connectivity index (χ2n) is 3.69. The van der Waals surface area contributed by atoms with Crippen molar-refractivity contribution in [2.75, 3.05) is 7.05 Å². The van der Waals surface area contributed by atoms with E-state index in [0.29, 0.717) is 24.1 Å². The molecule has 84 valence electrons. The molecule has 0 bridgehead atoms. The van der Waals surface area contributed by atoms with Crippen molar-refractivity contribution in [3.8, 4) is 0 Å². The van der Waals surface area contributed by atoms with Crippen LogP contribution in [-0.2, 0) is 6.42 Å². The minimum atomic E-state index is -0.562. The van der Waals surface area contributed by atoms with E-state index in [4.69, 9.17) is 0 Å². The molecule has 6 heteroatoms. The Bertz CT molecular complexity index is 522. The number of aryl methyl sites for hydroxylation is 1. The van der Waals surface area contributed by atoms with Gasteiger partial charge < -0.3 is 15.1 Å². The van der Waals surface area contributed by atoms with E-state index in [1.54, 1.807) is 0 Å². The van der Waals surface area contributed by atoms with Crippen LogP contribution in [0.1, 0.15) is 39.3 Å². The summed E-state index contributed by atoms with van der Waals surface area (Å²) in [5.41, 5.74) is 0.322. The number of hydrogen-bond donors (Lipinski definition) is 1. The largest absolute Gasteiger partial charge is 1.00 e. The maximum atomic E-state index is 11.6. The van der Waals surface area contributed by atoms with Crippen LogP contribution in [0.4, 0.5) is 0 Å². The monoisotopic (exact) mass is 304 g/mol. The topological polar surface area (TPSA) is 77.3 Å². The van der Waals surface area contributed by atoms with Crippen molar-refractivity contribution >= 4 is 11.7 Å². The number of amides is 1. The average molecular weight is 305 g/mol. The van der Waals surface area contributed by atoms with Crippen LogP contribution in [0.3, 0.4) is 0 Å². The molecule has 0 saturated carbocycles. The second-order valence-corrected chi connectivity index (χ2v) is 3.69. The quantitative estimate of drug-likeness (QED) is 0.596. The summed E-state index contributed by atoms with van der Waals surface area (Å²) in [5, 5.41) is 2.35. The minimum absolute atomic E-state index is 0. The van der Waals surface area contributed by atoms with Crippen molar-refractivity contribution in [3.63, 3.8) is 0 Å². The van der Waals surface area contributed by atoms with Crippen LogP contribution in [0.2, 0.25) is 0 Å². The van der Waals surface area contributed by atoms with Gasteiger partial charge in [0.15, 0.2) is 5.78 Å². The Balaban J connectivity index is 0.00000144. The number of ketones is 1. The van der Waals surface area contributed by atoms with E-state index in [1.165, 1.54) is 13.1 Å². The van der Waals surface area contributed by atoms with Crippen LogP contribution in [0.15, 0.2) is 10.9 Å². The maximum Gasteiger partial charge on any atom is 1.00 e. The predicted octanol–water partition coefficient (Wildman–Crippen LogP) is -3.11. The Labute approximate surface area is 147 Å². The molecule has 0 aromatic carbocycles. The predicted molar refractivity (Wildman–Crippen MR) is 56.7 cm³/mol. The summed E-state index contributed by atoms with van der Waals surface area (Å²) in [7, 11) is 1.43. The number of nitrogens with zero attached hydrogens (tertiary/aromatic N) is 1. The van der Waals surface area contributed by atoms with Gasteiger partial charge in [-0.3, -0.25) is 9.59 Å². The molecule has 5 nitrogen and oxygen atoms in total. The Morgan fingerprint density at radius 3 is 2.71 bits per heavy atom. The zero-order valence-corrected chi connectivity index (χ0v) is 14.8. The summed E-state index contributed by atoms with van der Waals surface area (Å²) in [6.07, 6.45) is 1.81. The van der Waals surface area contributed by atoms with Gasteiger partial charge in [0, 0.05) is 13.5 Å². The first-order valence-electron chi connectivity index (χ1n) is 5.09. The average Bonchev–Trinajstić information content (AvgIpc) is 2.28. The summed E-state index contributed by atoms with van der Waals surface area (Å²) >= 11 is 0. The summed E-state index contributed by atoms with van der Waals surface area (Å²) < 4.78 is 0. The van der Waals surface area contributed by atoms with E-state index in [9.17, 15) is 14.4 Å². The Kier molecular flexibility index (Phi) is 5.43. The normalized spacial score (nSPS) is 13.6. The van der Waals surface area contributed by atoms with Gasteiger partial charge in [-0.05, 0) is 24.5 Å². The van der Waals surface area contributed by atoms with Crippen molar-refractivity contribution < 1.29 is 67.8 Å². The molecule has 1 amide bonds. The molecule has 17 heavy (non-hydrogen) atoms. The fourth-order valence-electron chi connectivity index (χ4n) is 1.81. The first kappa shape index (κ1) is 15.0. The molecule has 1 aliphatic carbocycles. The van der Waals surface area contributed by atoms with Crippen molar-refractivity contribution in [2.24, 2.45) is 0 Å². The molecular formula is C11H11N2O3Rb. The number of aromatic nitrogens is 1. The van der Waals surface area contributed by atoms with Crippen LogP contribution in [0, 0.1) is 0 Å². The number of rotatable bonds is 1. The van der Waals surface area contributed by atoms with Gasteiger partial charge in [0.2, 0.25) is 0 Å². The standard InChI is InChI=1S/C11H12N2O3.Rb/c1-12-10(15)7-5-6-8(13-11(7)16)3-2-4-9(6)14;/h5H,2-4H2,1H3,(H2,12,13,14,15,16);/q;+1/p-1. The van der Waals surface area contributed by atoms with Crippen molar-refractivity contribution in [2.45, 2.75) is 19.3 Å². The molecule has 1 aromatic rings. The van der Waals surface area contributed by atoms with E-state index < -0.39 is 11.5 Å². The zero-order valence-electron chi connectivity index (χ0n) is 9.87. The molecule has 0 atom stereocenters. The van der Waals surface area contributed by atoms with E-state index in [0.717, 1.165) is 6.42 Å². The summed E-state index contributed by atoms with van der Waals surface area (Å²) in [6, 6.07) is 1.37. The summed E-state index contributed by atoms with van der Waals surface area (Å²) in [6.45, 7) is 0. The summed E-state index contributed by atoms with van der Waals surface area (Å²) in [5.74, 6) is -0.544. The third kappa shape index (κ3) is 3.02. The molecule has 0 saturated heterocycles. The first-order chi connectivity index (χ1) is 7.63. The number of Topliss-reactive ketones (excluding diaryl/α,β-unsaturated/α-hetero) is 1. The Morgan fingerprint density at radius 2 is 2.06 bits per heavy atom. The smallest absolute Gasteiger partial charge is 0.625 e. The van der Waals surface area contributed by atoms with E-state index in [1.807, 2.05) is 0 Å². The molecule has 0 fully saturated rings. The molecule has 1 heterocycles. The molecule has 2 rings (SSSR count). The third-order valence-electron chi connectivity index (χ3n) is 2.66. The Hall–Kier alpha value is -0.105. The van der Waals surface area contributed by atoms with Gasteiger partial charge in [-0.15, -0.1) is 5.69 Å². The maximum absolute atomic E-state index is 11.6. The number of nitrogens with one attached hydrogen (secondary N) is 1. The summed E-state index contributed by atoms with van der Waals surface area (Å²) in [4.78, 5) is 38.3. The van der Waals surface area contributed by atoms with Gasteiger partial charge in [0.05, 0.1) is 11.1 Å². The van der Waals surface area contributed by atoms with Crippen LogP contribution in [-0.4, -0.2) is 18.7 Å². The molecule has 0 radical (unpaired) electrons. The van der Waals surface area contributed by atoms with E-state index in [2.05, 4.69) is 10.3 Å². The van der Waals surface area contributed by atoms with Gasteiger partial charge >= 0.3 is 58.2 Å². The zero-order chi connectivity index (χ0) is 11.7.